The van der Waals surface area contributed by atoms with Crippen molar-refractivity contribution in [2.75, 3.05) is 6.54 Å². The summed E-state index contributed by atoms with van der Waals surface area (Å²) in [6.07, 6.45) is 1.34. The van der Waals surface area contributed by atoms with Gasteiger partial charge in [0, 0.05) is 12.5 Å². The summed E-state index contributed by atoms with van der Waals surface area (Å²) >= 11 is 0. The van der Waals surface area contributed by atoms with Crippen molar-refractivity contribution < 1.29 is 14.7 Å². The van der Waals surface area contributed by atoms with Crippen molar-refractivity contribution in [3.63, 3.8) is 0 Å². The predicted octanol–water partition coefficient (Wildman–Crippen LogP) is 0.532. The van der Waals surface area contributed by atoms with E-state index in [2.05, 4.69) is 6.92 Å². The number of carbonyl (C=O) groups excluding carboxylic acids is 1. The summed E-state index contributed by atoms with van der Waals surface area (Å²) in [6.45, 7) is 5.82. The van der Waals surface area contributed by atoms with E-state index in [0.29, 0.717) is 13.0 Å². The molecule has 0 saturated carbocycles. The van der Waals surface area contributed by atoms with Gasteiger partial charge in [0.25, 0.3) is 0 Å². The third-order valence-corrected chi connectivity index (χ3v) is 2.24. The van der Waals surface area contributed by atoms with Gasteiger partial charge in [-0.25, -0.2) is 4.79 Å². The molecule has 1 N–H and O–H groups in total. The average Bonchev–Trinajstić information content (AvgIpc) is 2.50. The number of carbonyl (C=O) groups is 2. The molecule has 1 fully saturated rings. The lowest BCUT2D eigenvalue weighted by molar-refractivity contribution is -0.149. The minimum atomic E-state index is -0.911. The molecule has 13 heavy (non-hydrogen) atoms. The maximum Gasteiger partial charge on any atom is 0.326 e. The first kappa shape index (κ1) is 10.0. The summed E-state index contributed by atoms with van der Waals surface area (Å²) in [5, 5.41) is 8.80. The number of hydrogen-bond donors (Lipinski definition) is 1. The van der Waals surface area contributed by atoms with E-state index in [4.69, 9.17) is 5.11 Å². The molecular weight excluding hydrogens is 170 g/mol. The van der Waals surface area contributed by atoms with Crippen molar-refractivity contribution in [1.82, 2.24) is 4.90 Å². The normalized spacial score (nSPS) is 22.4. The molecule has 1 aliphatic heterocycles. The summed E-state index contributed by atoms with van der Waals surface area (Å²) in [5.41, 5.74) is 0. The SMILES string of the molecule is [CH2]C(C)C(=O)N1CCCC1C(=O)O. The van der Waals surface area contributed by atoms with E-state index in [1.54, 1.807) is 6.92 Å². The second kappa shape index (κ2) is 3.77. The third kappa shape index (κ3) is 1.99. The Labute approximate surface area is 77.5 Å². The monoisotopic (exact) mass is 184 g/mol. The molecule has 0 bridgehead atoms. The van der Waals surface area contributed by atoms with Crippen LogP contribution in [0.15, 0.2) is 0 Å². The zero-order chi connectivity index (χ0) is 10.0. The maximum absolute atomic E-state index is 11.5. The molecule has 1 aliphatic rings. The van der Waals surface area contributed by atoms with Crippen LogP contribution in [-0.4, -0.2) is 34.5 Å². The van der Waals surface area contributed by atoms with Crippen LogP contribution in [0.5, 0.6) is 0 Å². The Morgan fingerprint density at radius 2 is 2.23 bits per heavy atom. The molecule has 1 heterocycles. The second-order valence-electron chi connectivity index (χ2n) is 3.43. The molecule has 73 valence electrons. The van der Waals surface area contributed by atoms with Gasteiger partial charge in [0.05, 0.1) is 0 Å². The molecule has 0 aromatic carbocycles. The fourth-order valence-corrected chi connectivity index (χ4v) is 1.57. The molecule has 0 aromatic heterocycles. The van der Waals surface area contributed by atoms with Crippen LogP contribution in [0, 0.1) is 12.8 Å². The van der Waals surface area contributed by atoms with Crippen molar-refractivity contribution in [1.29, 1.82) is 0 Å². The Bertz CT molecular complexity index is 225. The highest BCUT2D eigenvalue weighted by Crippen LogP contribution is 2.19. The standard InChI is InChI=1S/C9H14NO3/c1-6(2)8(11)10-5-3-4-7(10)9(12)13/h6-7H,1,3-5H2,2H3,(H,12,13). The highest BCUT2D eigenvalue weighted by Gasteiger charge is 2.34. The molecule has 4 nitrogen and oxygen atoms in total. The number of aliphatic carboxylic acids is 1. The van der Waals surface area contributed by atoms with Gasteiger partial charge in [-0.3, -0.25) is 4.79 Å². The zero-order valence-electron chi connectivity index (χ0n) is 7.69. The van der Waals surface area contributed by atoms with Gasteiger partial charge < -0.3 is 10.0 Å². The summed E-state index contributed by atoms with van der Waals surface area (Å²) in [4.78, 5) is 23.6. The van der Waals surface area contributed by atoms with E-state index in [-0.39, 0.29) is 11.8 Å². The molecule has 1 amide bonds. The molecule has 2 atom stereocenters. The van der Waals surface area contributed by atoms with Gasteiger partial charge in [-0.1, -0.05) is 6.92 Å². The zero-order valence-corrected chi connectivity index (χ0v) is 7.69. The molecule has 1 saturated heterocycles. The van der Waals surface area contributed by atoms with E-state index in [9.17, 15) is 9.59 Å². The number of nitrogens with zero attached hydrogens (tertiary/aromatic N) is 1. The fraction of sp³-hybridized carbons (Fsp3) is 0.667. The van der Waals surface area contributed by atoms with E-state index < -0.39 is 12.0 Å². The first-order chi connectivity index (χ1) is 6.04. The predicted molar refractivity (Wildman–Crippen MR) is 46.9 cm³/mol. The van der Waals surface area contributed by atoms with Gasteiger partial charge in [-0.15, -0.1) is 0 Å². The Balaban J connectivity index is 2.68. The van der Waals surface area contributed by atoms with Crippen molar-refractivity contribution >= 4 is 11.9 Å². The van der Waals surface area contributed by atoms with Crippen molar-refractivity contribution in [2.24, 2.45) is 5.92 Å². The van der Waals surface area contributed by atoms with Crippen molar-refractivity contribution in [3.8, 4) is 0 Å². The highest BCUT2D eigenvalue weighted by atomic mass is 16.4. The Hall–Kier alpha value is -1.06. The quantitative estimate of drug-likeness (QED) is 0.681. The van der Waals surface area contributed by atoms with Crippen molar-refractivity contribution in [3.05, 3.63) is 6.92 Å². The van der Waals surface area contributed by atoms with Gasteiger partial charge in [-0.2, -0.15) is 0 Å². The molecule has 0 spiro atoms. The summed E-state index contributed by atoms with van der Waals surface area (Å²) in [5.74, 6) is -1.43. The average molecular weight is 184 g/mol. The van der Waals surface area contributed by atoms with E-state index in [1.165, 1.54) is 4.90 Å². The highest BCUT2D eigenvalue weighted by molar-refractivity contribution is 5.85. The minimum Gasteiger partial charge on any atom is -0.480 e. The third-order valence-electron chi connectivity index (χ3n) is 2.24. The topological polar surface area (TPSA) is 57.6 Å². The first-order valence-electron chi connectivity index (χ1n) is 4.40. The van der Waals surface area contributed by atoms with Gasteiger partial charge in [0.15, 0.2) is 0 Å². The van der Waals surface area contributed by atoms with Crippen LogP contribution in [0.3, 0.4) is 0 Å². The summed E-state index contributed by atoms with van der Waals surface area (Å²) < 4.78 is 0. The number of carboxylic acids is 1. The first-order valence-corrected chi connectivity index (χ1v) is 4.40. The lowest BCUT2D eigenvalue weighted by atomic mass is 10.1. The van der Waals surface area contributed by atoms with Crippen LogP contribution in [-0.2, 0) is 9.59 Å². The molecule has 4 heteroatoms. The molecule has 0 aromatic rings. The van der Waals surface area contributed by atoms with Crippen LogP contribution in [0.1, 0.15) is 19.8 Å². The number of rotatable bonds is 2. The number of amides is 1. The van der Waals surface area contributed by atoms with Gasteiger partial charge in [0.2, 0.25) is 5.91 Å². The lowest BCUT2D eigenvalue weighted by Crippen LogP contribution is -2.42. The van der Waals surface area contributed by atoms with Gasteiger partial charge in [0.1, 0.15) is 6.04 Å². The number of carboxylic acid groups (broad SMARTS) is 1. The smallest absolute Gasteiger partial charge is 0.326 e. The number of hydrogen-bond acceptors (Lipinski definition) is 2. The molecule has 2 unspecified atom stereocenters. The van der Waals surface area contributed by atoms with Crippen LogP contribution in [0.4, 0.5) is 0 Å². The van der Waals surface area contributed by atoms with Crippen LogP contribution < -0.4 is 0 Å². The summed E-state index contributed by atoms with van der Waals surface area (Å²) in [7, 11) is 0. The second-order valence-corrected chi connectivity index (χ2v) is 3.43. The lowest BCUT2D eigenvalue weighted by Gasteiger charge is -2.23. The molecule has 0 aliphatic carbocycles. The number of likely N-dealkylation sites (tertiary alicyclic amines) is 1. The van der Waals surface area contributed by atoms with Gasteiger partial charge in [-0.05, 0) is 19.8 Å². The molecular formula is C9H14NO3. The maximum atomic E-state index is 11.5. The largest absolute Gasteiger partial charge is 0.480 e. The Kier molecular flexibility index (Phi) is 2.90. The van der Waals surface area contributed by atoms with Crippen LogP contribution >= 0.6 is 0 Å². The van der Waals surface area contributed by atoms with Gasteiger partial charge >= 0.3 is 5.97 Å². The Morgan fingerprint density at radius 1 is 1.62 bits per heavy atom. The van der Waals surface area contributed by atoms with E-state index in [0.717, 1.165) is 6.42 Å². The Morgan fingerprint density at radius 3 is 2.69 bits per heavy atom. The molecule has 1 rings (SSSR count). The minimum absolute atomic E-state index is 0.162. The van der Waals surface area contributed by atoms with Crippen LogP contribution in [0.2, 0.25) is 0 Å². The fourth-order valence-electron chi connectivity index (χ4n) is 1.57. The molecule has 1 radical (unpaired) electrons. The summed E-state index contributed by atoms with van der Waals surface area (Å²) in [6, 6.07) is -0.628. The van der Waals surface area contributed by atoms with Crippen LogP contribution in [0.25, 0.3) is 0 Å². The van der Waals surface area contributed by atoms with E-state index in [1.807, 2.05) is 0 Å². The van der Waals surface area contributed by atoms with E-state index >= 15 is 0 Å². The van der Waals surface area contributed by atoms with Crippen molar-refractivity contribution in [2.45, 2.75) is 25.8 Å².